The van der Waals surface area contributed by atoms with Crippen LogP contribution in [0.3, 0.4) is 0 Å². The zero-order valence-electron chi connectivity index (χ0n) is 8.41. The Kier molecular flexibility index (Phi) is 3.73. The molecule has 0 atom stereocenters. The van der Waals surface area contributed by atoms with Gasteiger partial charge in [-0.15, -0.1) is 0 Å². The molecule has 0 saturated carbocycles. The molecule has 16 heavy (non-hydrogen) atoms. The number of methoxy groups -OCH3 is 1. The summed E-state index contributed by atoms with van der Waals surface area (Å²) in [6.45, 7) is -0.0734. The van der Waals surface area contributed by atoms with Gasteiger partial charge in [0.2, 0.25) is 0 Å². The highest BCUT2D eigenvalue weighted by Crippen LogP contribution is 2.29. The molecule has 1 aromatic rings. The lowest BCUT2D eigenvalue weighted by molar-refractivity contribution is 0.0677. The van der Waals surface area contributed by atoms with E-state index in [2.05, 4.69) is 4.98 Å². The first-order valence-electron chi connectivity index (χ1n) is 4.30. The Morgan fingerprint density at radius 2 is 2.31 bits per heavy atom. The number of carboxylic acids is 1. The topological polar surface area (TPSA) is 85.4 Å². The van der Waals surface area contributed by atoms with E-state index in [0.717, 1.165) is 0 Å². The van der Waals surface area contributed by atoms with Crippen LogP contribution in [0.5, 0.6) is 5.75 Å². The van der Waals surface area contributed by atoms with E-state index in [0.29, 0.717) is 0 Å². The molecule has 88 valence electrons. The molecule has 0 spiro atoms. The third-order valence-corrected chi connectivity index (χ3v) is 1.91. The molecule has 1 aromatic heterocycles. The van der Waals surface area contributed by atoms with Crippen LogP contribution in [0.4, 0.5) is 8.78 Å². The van der Waals surface area contributed by atoms with Crippen molar-refractivity contribution in [1.29, 1.82) is 0 Å². The molecule has 1 rings (SSSR count). The summed E-state index contributed by atoms with van der Waals surface area (Å²) < 4.78 is 29.9. The van der Waals surface area contributed by atoms with Crippen molar-refractivity contribution >= 4 is 5.97 Å². The normalized spacial score (nSPS) is 10.6. The number of carbonyl (C=O) groups is 1. The molecule has 0 bridgehead atoms. The van der Waals surface area contributed by atoms with E-state index in [-0.39, 0.29) is 18.0 Å². The first-order valence-corrected chi connectivity index (χ1v) is 4.30. The zero-order valence-corrected chi connectivity index (χ0v) is 8.41. The van der Waals surface area contributed by atoms with Crippen LogP contribution in [-0.2, 0) is 6.54 Å². The number of hydrogen-bond acceptors (Lipinski definition) is 4. The number of ether oxygens (including phenoxy) is 1. The summed E-state index contributed by atoms with van der Waals surface area (Å²) in [6, 6.07) is 1.23. The van der Waals surface area contributed by atoms with Gasteiger partial charge in [-0.05, 0) is 0 Å². The van der Waals surface area contributed by atoms with E-state index >= 15 is 0 Å². The number of aromatic carboxylic acids is 1. The van der Waals surface area contributed by atoms with Gasteiger partial charge in [-0.3, -0.25) is 0 Å². The average Bonchev–Trinajstić information content (AvgIpc) is 2.26. The van der Waals surface area contributed by atoms with Crippen molar-refractivity contribution in [2.75, 3.05) is 7.11 Å². The van der Waals surface area contributed by atoms with Gasteiger partial charge < -0.3 is 15.6 Å². The third-order valence-electron chi connectivity index (χ3n) is 1.91. The van der Waals surface area contributed by atoms with Gasteiger partial charge in [0.15, 0.2) is 0 Å². The van der Waals surface area contributed by atoms with Gasteiger partial charge in [0, 0.05) is 12.6 Å². The van der Waals surface area contributed by atoms with E-state index in [1.807, 2.05) is 0 Å². The van der Waals surface area contributed by atoms with Crippen LogP contribution < -0.4 is 10.5 Å². The Bertz CT molecular complexity index is 410. The minimum absolute atomic E-state index is 0.0734. The molecular weight excluding hydrogens is 222 g/mol. The Morgan fingerprint density at radius 1 is 1.69 bits per heavy atom. The summed E-state index contributed by atoms with van der Waals surface area (Å²) in [6.07, 6.45) is -2.99. The number of pyridine rings is 1. The molecule has 0 aliphatic rings. The minimum atomic E-state index is -2.99. The van der Waals surface area contributed by atoms with Crippen LogP contribution in [0, 0.1) is 0 Å². The predicted molar refractivity (Wildman–Crippen MR) is 50.6 cm³/mol. The number of carboxylic acid groups (broad SMARTS) is 1. The highest BCUT2D eigenvalue weighted by Gasteiger charge is 2.25. The van der Waals surface area contributed by atoms with Crippen LogP contribution >= 0.6 is 0 Å². The van der Waals surface area contributed by atoms with E-state index in [1.165, 1.54) is 13.2 Å². The Labute approximate surface area is 89.9 Å². The van der Waals surface area contributed by atoms with Crippen molar-refractivity contribution in [3.8, 4) is 5.75 Å². The highest BCUT2D eigenvalue weighted by atomic mass is 19.3. The van der Waals surface area contributed by atoms with E-state index in [9.17, 15) is 13.6 Å². The van der Waals surface area contributed by atoms with Gasteiger partial charge >= 0.3 is 5.97 Å². The number of hydrogen-bond donors (Lipinski definition) is 2. The predicted octanol–water partition coefficient (Wildman–Crippen LogP) is 1.18. The van der Waals surface area contributed by atoms with Gasteiger partial charge in [0.25, 0.3) is 6.43 Å². The summed E-state index contributed by atoms with van der Waals surface area (Å²) in [5.74, 6) is -1.68. The summed E-state index contributed by atoms with van der Waals surface area (Å²) >= 11 is 0. The minimum Gasteiger partial charge on any atom is -0.496 e. The first-order chi connectivity index (χ1) is 7.51. The Hall–Kier alpha value is -1.76. The highest BCUT2D eigenvalue weighted by molar-refractivity contribution is 5.92. The lowest BCUT2D eigenvalue weighted by Gasteiger charge is -2.11. The van der Waals surface area contributed by atoms with Gasteiger partial charge in [-0.1, -0.05) is 0 Å². The standard InChI is InChI=1S/C9H10F2N2O3/c1-16-5-2-4(3-12)13-7(8(10)11)6(5)9(14)15/h2,8H,3,12H2,1H3,(H,14,15). The van der Waals surface area contributed by atoms with Gasteiger partial charge in [0.05, 0.1) is 12.8 Å². The fraction of sp³-hybridized carbons (Fsp3) is 0.333. The Morgan fingerprint density at radius 3 is 2.69 bits per heavy atom. The van der Waals surface area contributed by atoms with Crippen LogP contribution in [0.15, 0.2) is 6.07 Å². The number of nitrogens with two attached hydrogens (primary N) is 1. The lowest BCUT2D eigenvalue weighted by atomic mass is 10.1. The molecule has 0 aliphatic carbocycles. The van der Waals surface area contributed by atoms with E-state index < -0.39 is 23.7 Å². The van der Waals surface area contributed by atoms with Gasteiger partial charge in [0.1, 0.15) is 17.0 Å². The molecule has 7 heteroatoms. The fourth-order valence-electron chi connectivity index (χ4n) is 1.23. The SMILES string of the molecule is COc1cc(CN)nc(C(F)F)c1C(=O)O. The number of rotatable bonds is 4. The van der Waals surface area contributed by atoms with Crippen molar-refractivity contribution in [3.05, 3.63) is 23.0 Å². The van der Waals surface area contributed by atoms with Crippen LogP contribution in [0.25, 0.3) is 0 Å². The molecule has 0 radical (unpaired) electrons. The van der Waals surface area contributed by atoms with Crippen molar-refractivity contribution in [2.45, 2.75) is 13.0 Å². The zero-order chi connectivity index (χ0) is 12.3. The third kappa shape index (κ3) is 2.25. The fourth-order valence-corrected chi connectivity index (χ4v) is 1.23. The second-order valence-electron chi connectivity index (χ2n) is 2.89. The van der Waals surface area contributed by atoms with Gasteiger partial charge in [-0.25, -0.2) is 18.6 Å². The molecule has 1 heterocycles. The summed E-state index contributed by atoms with van der Waals surface area (Å²) in [5.41, 5.74) is 3.95. The smallest absolute Gasteiger partial charge is 0.341 e. The molecule has 3 N–H and O–H groups in total. The maximum absolute atomic E-state index is 12.6. The molecule has 5 nitrogen and oxygen atoms in total. The van der Waals surface area contributed by atoms with Crippen molar-refractivity contribution in [2.24, 2.45) is 5.73 Å². The molecule has 0 saturated heterocycles. The van der Waals surface area contributed by atoms with Crippen molar-refractivity contribution in [1.82, 2.24) is 4.98 Å². The maximum atomic E-state index is 12.6. The second kappa shape index (κ2) is 4.84. The number of alkyl halides is 2. The molecule has 0 aliphatic heterocycles. The second-order valence-corrected chi connectivity index (χ2v) is 2.89. The molecule has 0 amide bonds. The van der Waals surface area contributed by atoms with Crippen molar-refractivity contribution in [3.63, 3.8) is 0 Å². The van der Waals surface area contributed by atoms with E-state index in [1.54, 1.807) is 0 Å². The number of aromatic nitrogens is 1. The van der Waals surface area contributed by atoms with Crippen LogP contribution in [0.2, 0.25) is 0 Å². The van der Waals surface area contributed by atoms with Crippen molar-refractivity contribution < 1.29 is 23.4 Å². The molecule has 0 unspecified atom stereocenters. The maximum Gasteiger partial charge on any atom is 0.341 e. The van der Waals surface area contributed by atoms with Crippen LogP contribution in [-0.4, -0.2) is 23.2 Å². The van der Waals surface area contributed by atoms with Gasteiger partial charge in [-0.2, -0.15) is 0 Å². The van der Waals surface area contributed by atoms with Crippen LogP contribution in [0.1, 0.15) is 28.2 Å². The summed E-state index contributed by atoms with van der Waals surface area (Å²) in [4.78, 5) is 14.3. The molecule has 0 aromatic carbocycles. The Balaban J connectivity index is 3.47. The number of halogens is 2. The quantitative estimate of drug-likeness (QED) is 0.814. The largest absolute Gasteiger partial charge is 0.496 e. The monoisotopic (exact) mass is 232 g/mol. The molecular formula is C9H10F2N2O3. The van der Waals surface area contributed by atoms with E-state index in [4.69, 9.17) is 15.6 Å². The average molecular weight is 232 g/mol. The molecule has 0 fully saturated rings. The summed E-state index contributed by atoms with van der Waals surface area (Å²) in [7, 11) is 1.19. The first kappa shape index (κ1) is 12.3. The number of nitrogens with zero attached hydrogens (tertiary/aromatic N) is 1. The lowest BCUT2D eigenvalue weighted by Crippen LogP contribution is -2.11. The summed E-state index contributed by atoms with van der Waals surface area (Å²) in [5, 5.41) is 8.81.